The minimum Gasteiger partial charge on any atom is -0.206 e. The van der Waals surface area contributed by atoms with Crippen molar-refractivity contribution in [1.29, 1.82) is 0 Å². The molecular weight excluding hydrogens is 358 g/mol. The van der Waals surface area contributed by atoms with Gasteiger partial charge in [0.2, 0.25) is 0 Å². The average Bonchev–Trinajstić information content (AvgIpc) is 3.02. The highest BCUT2D eigenvalue weighted by molar-refractivity contribution is 9.11. The van der Waals surface area contributed by atoms with Crippen molar-refractivity contribution in [1.82, 2.24) is 4.31 Å². The van der Waals surface area contributed by atoms with Gasteiger partial charge in [-0.05, 0) is 54.6 Å². The van der Waals surface area contributed by atoms with Crippen molar-refractivity contribution in [3.8, 4) is 0 Å². The van der Waals surface area contributed by atoms with Crippen LogP contribution in [0.2, 0.25) is 5.02 Å². The first-order valence-electron chi connectivity index (χ1n) is 5.79. The molecule has 0 N–H and O–H groups in total. The minimum absolute atomic E-state index is 0.0322. The minimum atomic E-state index is -3.42. The zero-order chi connectivity index (χ0) is 13.5. The Bertz CT molecular complexity index is 518. The van der Waals surface area contributed by atoms with E-state index in [9.17, 15) is 8.42 Å². The number of rotatable bonds is 5. The number of thiophene rings is 1. The van der Waals surface area contributed by atoms with Gasteiger partial charge in [-0.1, -0.05) is 11.6 Å². The van der Waals surface area contributed by atoms with Crippen molar-refractivity contribution >= 4 is 48.9 Å². The number of hydrogen-bond donors (Lipinski definition) is 0. The van der Waals surface area contributed by atoms with Crippen LogP contribution >= 0.6 is 38.9 Å². The maximum absolute atomic E-state index is 12.6. The summed E-state index contributed by atoms with van der Waals surface area (Å²) >= 11 is 10.3. The molecule has 1 fully saturated rings. The lowest BCUT2D eigenvalue weighted by atomic mass is 10.3. The lowest BCUT2D eigenvalue weighted by Gasteiger charge is -2.25. The van der Waals surface area contributed by atoms with E-state index in [4.69, 9.17) is 11.6 Å². The first-order valence-corrected chi connectivity index (χ1v) is 9.21. The van der Waals surface area contributed by atoms with Crippen LogP contribution in [-0.2, 0) is 10.0 Å². The van der Waals surface area contributed by atoms with Gasteiger partial charge >= 0.3 is 0 Å². The van der Waals surface area contributed by atoms with E-state index in [0.29, 0.717) is 25.5 Å². The number of hydrogen-bond acceptors (Lipinski definition) is 3. The van der Waals surface area contributed by atoms with Crippen molar-refractivity contribution < 1.29 is 8.42 Å². The van der Waals surface area contributed by atoms with Gasteiger partial charge in [0.1, 0.15) is 4.21 Å². The van der Waals surface area contributed by atoms with Crippen molar-refractivity contribution in [2.45, 2.75) is 36.9 Å². The summed E-state index contributed by atoms with van der Waals surface area (Å²) in [6.07, 6.45) is 2.27. The molecule has 0 saturated heterocycles. The van der Waals surface area contributed by atoms with E-state index in [1.54, 1.807) is 4.31 Å². The highest BCUT2D eigenvalue weighted by Crippen LogP contribution is 2.38. The van der Waals surface area contributed by atoms with Crippen LogP contribution in [0.3, 0.4) is 0 Å². The Morgan fingerprint density at radius 1 is 1.56 bits per heavy atom. The van der Waals surface area contributed by atoms with Crippen LogP contribution in [-0.4, -0.2) is 25.3 Å². The Morgan fingerprint density at radius 3 is 2.56 bits per heavy atom. The molecule has 0 amide bonds. The van der Waals surface area contributed by atoms with Crippen LogP contribution in [0.1, 0.15) is 26.7 Å². The van der Waals surface area contributed by atoms with E-state index < -0.39 is 10.0 Å². The lowest BCUT2D eigenvalue weighted by Crippen LogP contribution is -2.38. The first-order chi connectivity index (χ1) is 8.32. The van der Waals surface area contributed by atoms with Crippen molar-refractivity contribution in [2.24, 2.45) is 5.92 Å². The third kappa shape index (κ3) is 3.10. The molecule has 2 rings (SSSR count). The molecule has 18 heavy (non-hydrogen) atoms. The van der Waals surface area contributed by atoms with Gasteiger partial charge in [0.25, 0.3) is 10.0 Å². The molecule has 3 nitrogen and oxygen atoms in total. The predicted molar refractivity (Wildman–Crippen MR) is 78.8 cm³/mol. The standard InChI is InChI=1S/C11H15BrClNO2S2/c1-7(2)14(6-8-3-4-8)18(15,16)10-5-9(13)11(12)17-10/h5,7-8H,3-4,6H2,1-2H3. The molecular formula is C11H15BrClNO2S2. The maximum atomic E-state index is 12.6. The first kappa shape index (κ1) is 14.8. The normalized spacial score (nSPS) is 16.8. The second-order valence-electron chi connectivity index (χ2n) is 4.80. The second kappa shape index (κ2) is 5.40. The van der Waals surface area contributed by atoms with Crippen LogP contribution < -0.4 is 0 Å². The molecule has 1 aromatic rings. The average molecular weight is 373 g/mol. The molecule has 7 heteroatoms. The Balaban J connectivity index is 2.31. The molecule has 1 saturated carbocycles. The van der Waals surface area contributed by atoms with Gasteiger partial charge in [0, 0.05) is 12.6 Å². The quantitative estimate of drug-likeness (QED) is 0.784. The largest absolute Gasteiger partial charge is 0.252 e. The summed E-state index contributed by atoms with van der Waals surface area (Å²) < 4.78 is 27.7. The van der Waals surface area contributed by atoms with Crippen LogP contribution in [0.4, 0.5) is 0 Å². The Labute approximate surface area is 125 Å². The number of halogens is 2. The maximum Gasteiger partial charge on any atom is 0.252 e. The van der Waals surface area contributed by atoms with Crippen molar-refractivity contribution in [3.63, 3.8) is 0 Å². The van der Waals surface area contributed by atoms with Gasteiger partial charge < -0.3 is 0 Å². The molecule has 0 aliphatic heterocycles. The zero-order valence-electron chi connectivity index (χ0n) is 10.2. The van der Waals surface area contributed by atoms with Crippen LogP contribution in [0.5, 0.6) is 0 Å². The third-order valence-corrected chi connectivity index (χ3v) is 7.86. The molecule has 0 unspecified atom stereocenters. The fraction of sp³-hybridized carbons (Fsp3) is 0.636. The highest BCUT2D eigenvalue weighted by Gasteiger charge is 2.34. The molecule has 0 spiro atoms. The molecule has 1 heterocycles. The fourth-order valence-corrected chi connectivity index (χ4v) is 5.95. The summed E-state index contributed by atoms with van der Waals surface area (Å²) in [5.74, 6) is 0.529. The summed E-state index contributed by atoms with van der Waals surface area (Å²) in [5.41, 5.74) is 0. The van der Waals surface area contributed by atoms with Crippen molar-refractivity contribution in [3.05, 3.63) is 14.9 Å². The van der Waals surface area contributed by atoms with Gasteiger partial charge in [-0.25, -0.2) is 8.42 Å². The predicted octanol–water partition coefficient (Wildman–Crippen LogP) is 3.97. The number of sulfonamides is 1. The van der Waals surface area contributed by atoms with E-state index in [2.05, 4.69) is 15.9 Å². The van der Waals surface area contributed by atoms with Gasteiger partial charge in [-0.2, -0.15) is 4.31 Å². The zero-order valence-corrected chi connectivity index (χ0v) is 14.2. The van der Waals surface area contributed by atoms with E-state index >= 15 is 0 Å². The molecule has 0 atom stereocenters. The molecule has 1 aliphatic carbocycles. The summed E-state index contributed by atoms with van der Waals surface area (Å²) in [5, 5.41) is 0.453. The third-order valence-electron chi connectivity index (χ3n) is 2.90. The number of nitrogens with zero attached hydrogens (tertiary/aromatic N) is 1. The van der Waals surface area contributed by atoms with E-state index in [1.807, 2.05) is 13.8 Å². The molecule has 0 aromatic carbocycles. The Kier molecular flexibility index (Phi) is 4.44. The van der Waals surface area contributed by atoms with Crippen molar-refractivity contribution in [2.75, 3.05) is 6.54 Å². The SMILES string of the molecule is CC(C)N(CC1CC1)S(=O)(=O)c1cc(Cl)c(Br)s1. The van der Waals surface area contributed by atoms with Crippen LogP contribution in [0.25, 0.3) is 0 Å². The van der Waals surface area contributed by atoms with E-state index in [1.165, 1.54) is 17.4 Å². The molecule has 1 aromatic heterocycles. The van der Waals surface area contributed by atoms with Gasteiger partial charge in [0.05, 0.1) is 8.81 Å². The fourth-order valence-electron chi connectivity index (χ4n) is 1.71. The topological polar surface area (TPSA) is 37.4 Å². The summed E-state index contributed by atoms with van der Waals surface area (Å²) in [7, 11) is -3.42. The summed E-state index contributed by atoms with van der Waals surface area (Å²) in [6.45, 7) is 4.43. The summed E-state index contributed by atoms with van der Waals surface area (Å²) in [4.78, 5) is 0. The smallest absolute Gasteiger partial charge is 0.206 e. The van der Waals surface area contributed by atoms with E-state index in [0.717, 1.165) is 12.8 Å². The van der Waals surface area contributed by atoms with Gasteiger partial charge in [-0.15, -0.1) is 11.3 Å². The second-order valence-corrected chi connectivity index (χ2v) is 9.69. The molecule has 0 bridgehead atoms. The molecule has 102 valence electrons. The highest BCUT2D eigenvalue weighted by atomic mass is 79.9. The molecule has 1 aliphatic rings. The monoisotopic (exact) mass is 371 g/mol. The van der Waals surface area contributed by atoms with Gasteiger partial charge in [-0.3, -0.25) is 0 Å². The van der Waals surface area contributed by atoms with Gasteiger partial charge in [0.15, 0.2) is 0 Å². The molecule has 0 radical (unpaired) electrons. The van der Waals surface area contributed by atoms with Crippen LogP contribution in [0, 0.1) is 5.92 Å². The Hall–Kier alpha value is 0.380. The Morgan fingerprint density at radius 2 is 2.17 bits per heavy atom. The van der Waals surface area contributed by atoms with E-state index in [-0.39, 0.29) is 6.04 Å². The van der Waals surface area contributed by atoms with Crippen LogP contribution in [0.15, 0.2) is 14.1 Å². The summed E-state index contributed by atoms with van der Waals surface area (Å²) in [6, 6.07) is 1.49. The lowest BCUT2D eigenvalue weighted by molar-refractivity contribution is 0.342.